The number of allylic oxidation sites excluding steroid dienone is 1. The van der Waals surface area contributed by atoms with Crippen LogP contribution in [0.5, 0.6) is 0 Å². The standard InChI is InChI=1S/C14H13N5OS/c1-2-7-18-12(16-17-14(18)21)9-19-13(20)11-6-4-3-5-10(11)8-15-19/h2-6,8H,1,7,9H2,(H,17,21). The molecule has 0 unspecified atom stereocenters. The first kappa shape index (κ1) is 13.4. The first-order valence-corrected chi connectivity index (χ1v) is 6.81. The van der Waals surface area contributed by atoms with E-state index in [1.165, 1.54) is 4.68 Å². The van der Waals surface area contributed by atoms with E-state index in [4.69, 9.17) is 12.2 Å². The van der Waals surface area contributed by atoms with Crippen LogP contribution in [-0.2, 0) is 13.1 Å². The van der Waals surface area contributed by atoms with Crippen molar-refractivity contribution in [2.45, 2.75) is 13.1 Å². The number of aromatic nitrogens is 5. The number of rotatable bonds is 4. The molecule has 0 aliphatic heterocycles. The maximum atomic E-state index is 12.4. The predicted molar refractivity (Wildman–Crippen MR) is 82.7 cm³/mol. The molecule has 3 aromatic rings. The topological polar surface area (TPSA) is 68.5 Å². The Balaban J connectivity index is 2.07. The van der Waals surface area contributed by atoms with Crippen LogP contribution < -0.4 is 5.56 Å². The second-order valence-electron chi connectivity index (χ2n) is 4.54. The van der Waals surface area contributed by atoms with E-state index in [9.17, 15) is 4.79 Å². The maximum Gasteiger partial charge on any atom is 0.275 e. The van der Waals surface area contributed by atoms with Crippen molar-refractivity contribution in [3.05, 3.63) is 64.1 Å². The number of nitrogens with one attached hydrogen (secondary N) is 1. The van der Waals surface area contributed by atoms with Gasteiger partial charge in [-0.15, -0.1) is 6.58 Å². The zero-order chi connectivity index (χ0) is 14.8. The van der Waals surface area contributed by atoms with E-state index < -0.39 is 0 Å². The number of fused-ring (bicyclic) bond motifs is 1. The molecule has 0 aliphatic carbocycles. The molecule has 0 saturated carbocycles. The summed E-state index contributed by atoms with van der Waals surface area (Å²) in [6.45, 7) is 4.48. The Morgan fingerprint density at radius 1 is 1.38 bits per heavy atom. The van der Waals surface area contributed by atoms with Crippen LogP contribution in [0.2, 0.25) is 0 Å². The summed E-state index contributed by atoms with van der Waals surface area (Å²) in [6.07, 6.45) is 3.40. The van der Waals surface area contributed by atoms with Gasteiger partial charge in [-0.3, -0.25) is 14.5 Å². The lowest BCUT2D eigenvalue weighted by atomic mass is 10.2. The van der Waals surface area contributed by atoms with Gasteiger partial charge in [0.1, 0.15) is 6.54 Å². The van der Waals surface area contributed by atoms with Gasteiger partial charge in [-0.05, 0) is 18.3 Å². The number of H-pyrrole nitrogens is 1. The van der Waals surface area contributed by atoms with E-state index in [-0.39, 0.29) is 12.1 Å². The summed E-state index contributed by atoms with van der Waals surface area (Å²) in [6, 6.07) is 7.36. The fraction of sp³-hybridized carbons (Fsp3) is 0.143. The molecule has 3 rings (SSSR count). The molecule has 2 heterocycles. The predicted octanol–water partition coefficient (Wildman–Crippen LogP) is 1.88. The number of hydrogen-bond acceptors (Lipinski definition) is 4. The molecular weight excluding hydrogens is 286 g/mol. The van der Waals surface area contributed by atoms with Gasteiger partial charge < -0.3 is 0 Å². The van der Waals surface area contributed by atoms with E-state index in [1.54, 1.807) is 22.9 Å². The van der Waals surface area contributed by atoms with Crippen molar-refractivity contribution in [2.75, 3.05) is 0 Å². The van der Waals surface area contributed by atoms with E-state index in [1.807, 2.05) is 18.2 Å². The quantitative estimate of drug-likeness (QED) is 0.590. The summed E-state index contributed by atoms with van der Waals surface area (Å²) in [7, 11) is 0. The SMILES string of the molecule is C=CCn1c(Cn2ncc3ccccc3c2=O)n[nH]c1=S. The van der Waals surface area contributed by atoms with E-state index in [2.05, 4.69) is 21.9 Å². The van der Waals surface area contributed by atoms with Crippen LogP contribution in [0, 0.1) is 4.77 Å². The molecule has 0 fully saturated rings. The van der Waals surface area contributed by atoms with Gasteiger partial charge in [0, 0.05) is 11.9 Å². The molecule has 2 aromatic heterocycles. The minimum Gasteiger partial charge on any atom is -0.299 e. The zero-order valence-electron chi connectivity index (χ0n) is 11.2. The Kier molecular flexibility index (Phi) is 3.49. The normalized spacial score (nSPS) is 10.9. The lowest BCUT2D eigenvalue weighted by molar-refractivity contribution is 0.591. The van der Waals surface area contributed by atoms with Gasteiger partial charge in [0.2, 0.25) is 0 Å². The van der Waals surface area contributed by atoms with Crippen molar-refractivity contribution in [1.82, 2.24) is 24.5 Å². The largest absolute Gasteiger partial charge is 0.299 e. The Morgan fingerprint density at radius 3 is 3.00 bits per heavy atom. The number of benzene rings is 1. The highest BCUT2D eigenvalue weighted by Crippen LogP contribution is 2.07. The molecule has 0 aliphatic rings. The van der Waals surface area contributed by atoms with Crippen molar-refractivity contribution in [3.8, 4) is 0 Å². The van der Waals surface area contributed by atoms with Gasteiger partial charge in [0.25, 0.3) is 5.56 Å². The van der Waals surface area contributed by atoms with Crippen LogP contribution in [0.1, 0.15) is 5.82 Å². The highest BCUT2D eigenvalue weighted by atomic mass is 32.1. The Morgan fingerprint density at radius 2 is 2.19 bits per heavy atom. The van der Waals surface area contributed by atoms with Gasteiger partial charge >= 0.3 is 0 Å². The first-order chi connectivity index (χ1) is 10.2. The molecule has 0 amide bonds. The molecular formula is C14H13N5OS. The minimum atomic E-state index is -0.146. The van der Waals surface area contributed by atoms with Crippen molar-refractivity contribution >= 4 is 23.0 Å². The summed E-state index contributed by atoms with van der Waals surface area (Å²) < 4.78 is 3.66. The number of nitrogens with zero attached hydrogens (tertiary/aromatic N) is 4. The van der Waals surface area contributed by atoms with Crippen molar-refractivity contribution < 1.29 is 0 Å². The number of aromatic amines is 1. The lowest BCUT2D eigenvalue weighted by Crippen LogP contribution is -2.24. The monoisotopic (exact) mass is 299 g/mol. The summed E-state index contributed by atoms with van der Waals surface area (Å²) in [5, 5.41) is 12.5. The smallest absolute Gasteiger partial charge is 0.275 e. The maximum absolute atomic E-state index is 12.4. The molecule has 0 saturated heterocycles. The van der Waals surface area contributed by atoms with Crippen LogP contribution >= 0.6 is 12.2 Å². The van der Waals surface area contributed by atoms with Crippen LogP contribution in [-0.4, -0.2) is 24.5 Å². The average molecular weight is 299 g/mol. The van der Waals surface area contributed by atoms with Gasteiger partial charge in [0.15, 0.2) is 10.6 Å². The van der Waals surface area contributed by atoms with Crippen molar-refractivity contribution in [2.24, 2.45) is 0 Å². The van der Waals surface area contributed by atoms with Gasteiger partial charge in [0.05, 0.1) is 11.6 Å². The van der Waals surface area contributed by atoms with Gasteiger partial charge in [-0.2, -0.15) is 10.2 Å². The second-order valence-corrected chi connectivity index (χ2v) is 4.93. The van der Waals surface area contributed by atoms with Crippen LogP contribution in [0.4, 0.5) is 0 Å². The van der Waals surface area contributed by atoms with Crippen LogP contribution in [0.25, 0.3) is 10.8 Å². The summed E-state index contributed by atoms with van der Waals surface area (Å²) in [5.41, 5.74) is -0.146. The van der Waals surface area contributed by atoms with E-state index >= 15 is 0 Å². The van der Waals surface area contributed by atoms with Crippen LogP contribution in [0.15, 0.2) is 47.9 Å². The van der Waals surface area contributed by atoms with Crippen molar-refractivity contribution in [1.29, 1.82) is 0 Å². The fourth-order valence-corrected chi connectivity index (χ4v) is 2.39. The molecule has 1 aromatic carbocycles. The summed E-state index contributed by atoms with van der Waals surface area (Å²) >= 11 is 5.15. The molecule has 0 atom stereocenters. The van der Waals surface area contributed by atoms with Gasteiger partial charge in [-0.25, -0.2) is 4.68 Å². The number of hydrogen-bond donors (Lipinski definition) is 1. The van der Waals surface area contributed by atoms with Gasteiger partial charge in [-0.1, -0.05) is 24.3 Å². The molecule has 106 valence electrons. The highest BCUT2D eigenvalue weighted by molar-refractivity contribution is 7.71. The second kappa shape index (κ2) is 5.45. The molecule has 1 N–H and O–H groups in total. The third-order valence-corrected chi connectivity index (χ3v) is 3.51. The zero-order valence-corrected chi connectivity index (χ0v) is 12.0. The Bertz CT molecular complexity index is 921. The van der Waals surface area contributed by atoms with E-state index in [0.717, 1.165) is 5.39 Å². The summed E-state index contributed by atoms with van der Waals surface area (Å²) in [5.74, 6) is 0.643. The molecule has 7 heteroatoms. The third-order valence-electron chi connectivity index (χ3n) is 3.20. The molecule has 0 spiro atoms. The molecule has 6 nitrogen and oxygen atoms in total. The highest BCUT2D eigenvalue weighted by Gasteiger charge is 2.09. The fourth-order valence-electron chi connectivity index (χ4n) is 2.16. The Hall–Kier alpha value is -2.54. The summed E-state index contributed by atoms with van der Waals surface area (Å²) in [4.78, 5) is 12.4. The third kappa shape index (κ3) is 2.43. The molecule has 0 radical (unpaired) electrons. The van der Waals surface area contributed by atoms with Crippen LogP contribution in [0.3, 0.4) is 0 Å². The first-order valence-electron chi connectivity index (χ1n) is 6.40. The molecule has 0 bridgehead atoms. The van der Waals surface area contributed by atoms with Crippen molar-refractivity contribution in [3.63, 3.8) is 0 Å². The minimum absolute atomic E-state index is 0.146. The Labute approximate surface area is 125 Å². The average Bonchev–Trinajstić information content (AvgIpc) is 2.84. The lowest BCUT2D eigenvalue weighted by Gasteiger charge is -2.06. The molecule has 21 heavy (non-hydrogen) atoms. The van der Waals surface area contributed by atoms with E-state index in [0.29, 0.717) is 22.5 Å².